The molecule has 1 fully saturated rings. The van der Waals surface area contributed by atoms with Crippen LogP contribution in [0.25, 0.3) is 0 Å². The zero-order chi connectivity index (χ0) is 16.0. The smallest absolute Gasteiger partial charge is 0.137 e. The third-order valence-corrected chi connectivity index (χ3v) is 4.78. The van der Waals surface area contributed by atoms with Gasteiger partial charge in [-0.05, 0) is 19.3 Å². The van der Waals surface area contributed by atoms with Crippen molar-refractivity contribution in [1.82, 2.24) is 4.90 Å². The van der Waals surface area contributed by atoms with Crippen LogP contribution in [-0.2, 0) is 4.74 Å². The first kappa shape index (κ1) is 20.0. The second kappa shape index (κ2) is 13.4. The molecular formula is C20H41NO. The number of unbranched alkanes of at least 4 members (excludes halogenated alkanes) is 9. The van der Waals surface area contributed by atoms with Gasteiger partial charge in [-0.25, -0.2) is 0 Å². The van der Waals surface area contributed by atoms with Gasteiger partial charge in [-0.2, -0.15) is 0 Å². The highest BCUT2D eigenvalue weighted by Crippen LogP contribution is 2.31. The molecule has 1 aliphatic rings. The third-order valence-electron chi connectivity index (χ3n) is 4.78. The van der Waals surface area contributed by atoms with Gasteiger partial charge in [0.1, 0.15) is 6.23 Å². The summed E-state index contributed by atoms with van der Waals surface area (Å²) in [5.74, 6) is 0. The van der Waals surface area contributed by atoms with Crippen LogP contribution in [0.5, 0.6) is 0 Å². The van der Waals surface area contributed by atoms with E-state index < -0.39 is 0 Å². The van der Waals surface area contributed by atoms with Gasteiger partial charge in [0.2, 0.25) is 0 Å². The summed E-state index contributed by atoms with van der Waals surface area (Å²) >= 11 is 0. The fourth-order valence-electron chi connectivity index (χ4n) is 3.44. The Kier molecular flexibility index (Phi) is 12.1. The molecule has 2 nitrogen and oxygen atoms in total. The molecule has 0 bridgehead atoms. The van der Waals surface area contributed by atoms with Crippen molar-refractivity contribution >= 4 is 0 Å². The van der Waals surface area contributed by atoms with Gasteiger partial charge in [0.15, 0.2) is 0 Å². The Hall–Kier alpha value is -0.0800. The second-order valence-electron chi connectivity index (χ2n) is 7.07. The highest BCUT2D eigenvalue weighted by atomic mass is 16.6. The number of hydrogen-bond acceptors (Lipinski definition) is 2. The fraction of sp³-hybridized carbons (Fsp3) is 1.00. The van der Waals surface area contributed by atoms with Gasteiger partial charge in [-0.1, -0.05) is 85.0 Å². The maximum Gasteiger partial charge on any atom is 0.137 e. The summed E-state index contributed by atoms with van der Waals surface area (Å²) < 4.78 is 5.89. The lowest BCUT2D eigenvalue weighted by atomic mass is 10.1. The molecule has 2 unspecified atom stereocenters. The van der Waals surface area contributed by atoms with Crippen LogP contribution in [0, 0.1) is 0 Å². The molecule has 1 saturated heterocycles. The number of hydrogen-bond donors (Lipinski definition) is 0. The first-order valence-electron chi connectivity index (χ1n) is 10.2. The first-order chi connectivity index (χ1) is 10.8. The summed E-state index contributed by atoms with van der Waals surface area (Å²) in [7, 11) is 0. The van der Waals surface area contributed by atoms with Gasteiger partial charge in [0.25, 0.3) is 0 Å². The van der Waals surface area contributed by atoms with E-state index in [1.165, 1.54) is 96.6 Å². The van der Waals surface area contributed by atoms with E-state index in [9.17, 15) is 0 Å². The molecule has 1 rings (SSSR count). The van der Waals surface area contributed by atoms with E-state index in [1.807, 2.05) is 0 Å². The lowest BCUT2D eigenvalue weighted by Crippen LogP contribution is -2.30. The zero-order valence-corrected chi connectivity index (χ0v) is 15.6. The van der Waals surface area contributed by atoms with E-state index in [0.29, 0.717) is 12.3 Å². The maximum atomic E-state index is 5.89. The minimum Gasteiger partial charge on any atom is -0.353 e. The molecule has 0 N–H and O–H groups in total. The molecule has 0 amide bonds. The molecule has 0 aromatic heterocycles. The Morgan fingerprint density at radius 2 is 1.14 bits per heavy atom. The summed E-state index contributed by atoms with van der Waals surface area (Å²) in [4.78, 5) is 2.54. The largest absolute Gasteiger partial charge is 0.353 e. The SMILES string of the molecule is CCCCCCCCCCCCC1OC1N(CCC)CCC. The van der Waals surface area contributed by atoms with Crippen molar-refractivity contribution in [2.75, 3.05) is 13.1 Å². The minimum atomic E-state index is 0.457. The molecule has 22 heavy (non-hydrogen) atoms. The van der Waals surface area contributed by atoms with Crippen LogP contribution in [0.1, 0.15) is 104 Å². The topological polar surface area (TPSA) is 15.8 Å². The van der Waals surface area contributed by atoms with Gasteiger partial charge in [0, 0.05) is 13.1 Å². The summed E-state index contributed by atoms with van der Waals surface area (Å²) in [6.45, 7) is 9.22. The summed E-state index contributed by atoms with van der Waals surface area (Å²) in [5, 5.41) is 0. The number of ether oxygens (including phenoxy) is 1. The van der Waals surface area contributed by atoms with E-state index in [-0.39, 0.29) is 0 Å². The van der Waals surface area contributed by atoms with E-state index in [0.717, 1.165) is 0 Å². The first-order valence-corrected chi connectivity index (χ1v) is 10.2. The Morgan fingerprint density at radius 1 is 0.636 bits per heavy atom. The van der Waals surface area contributed by atoms with E-state index >= 15 is 0 Å². The highest BCUT2D eigenvalue weighted by Gasteiger charge is 2.41. The lowest BCUT2D eigenvalue weighted by molar-refractivity contribution is 0.175. The predicted octanol–water partition coefficient (Wildman–Crippen LogP) is 6.14. The van der Waals surface area contributed by atoms with Crippen LogP contribution in [0.15, 0.2) is 0 Å². The van der Waals surface area contributed by atoms with Crippen molar-refractivity contribution < 1.29 is 4.74 Å². The molecule has 1 aliphatic heterocycles. The molecule has 2 heteroatoms. The molecule has 132 valence electrons. The lowest BCUT2D eigenvalue weighted by Gasteiger charge is -2.18. The molecule has 0 spiro atoms. The summed E-state index contributed by atoms with van der Waals surface area (Å²) in [5.41, 5.74) is 0. The zero-order valence-electron chi connectivity index (χ0n) is 15.6. The normalized spacial score (nSPS) is 20.7. The summed E-state index contributed by atoms with van der Waals surface area (Å²) in [6.07, 6.45) is 19.0. The van der Waals surface area contributed by atoms with Crippen LogP contribution in [-0.4, -0.2) is 30.3 Å². The van der Waals surface area contributed by atoms with Crippen molar-refractivity contribution in [1.29, 1.82) is 0 Å². The molecule has 0 aliphatic carbocycles. The van der Waals surface area contributed by atoms with Gasteiger partial charge in [0.05, 0.1) is 6.10 Å². The average molecular weight is 312 g/mol. The van der Waals surface area contributed by atoms with Crippen LogP contribution in [0.4, 0.5) is 0 Å². The minimum absolute atomic E-state index is 0.457. The van der Waals surface area contributed by atoms with Crippen LogP contribution < -0.4 is 0 Å². The molecule has 0 radical (unpaired) electrons. The number of rotatable bonds is 16. The van der Waals surface area contributed by atoms with Crippen LogP contribution >= 0.6 is 0 Å². The predicted molar refractivity (Wildman–Crippen MR) is 97.3 cm³/mol. The van der Waals surface area contributed by atoms with Crippen molar-refractivity contribution in [2.45, 2.75) is 117 Å². The average Bonchev–Trinajstić information content (AvgIpc) is 3.28. The Morgan fingerprint density at radius 3 is 1.64 bits per heavy atom. The molecular weight excluding hydrogens is 270 g/mol. The van der Waals surface area contributed by atoms with E-state index in [4.69, 9.17) is 4.74 Å². The highest BCUT2D eigenvalue weighted by molar-refractivity contribution is 4.84. The quantitative estimate of drug-likeness (QED) is 0.251. The molecule has 2 atom stereocenters. The molecule has 0 saturated carbocycles. The Labute approximate surface area is 140 Å². The third kappa shape index (κ3) is 9.15. The summed E-state index contributed by atoms with van der Waals surface area (Å²) in [6, 6.07) is 0. The number of nitrogens with zero attached hydrogens (tertiary/aromatic N) is 1. The fourth-order valence-corrected chi connectivity index (χ4v) is 3.44. The van der Waals surface area contributed by atoms with Gasteiger partial charge in [-0.15, -0.1) is 0 Å². The van der Waals surface area contributed by atoms with Gasteiger partial charge in [-0.3, -0.25) is 4.90 Å². The number of epoxide rings is 1. The Balaban J connectivity index is 1.87. The maximum absolute atomic E-state index is 5.89. The van der Waals surface area contributed by atoms with Gasteiger partial charge >= 0.3 is 0 Å². The van der Waals surface area contributed by atoms with E-state index in [1.54, 1.807) is 0 Å². The van der Waals surface area contributed by atoms with Gasteiger partial charge < -0.3 is 4.74 Å². The standard InChI is InChI=1S/C20H41NO/c1-4-7-8-9-10-11-12-13-14-15-16-19-20(22-19)21(17-5-2)18-6-3/h19-20H,4-18H2,1-3H3. The van der Waals surface area contributed by atoms with Crippen molar-refractivity contribution in [3.8, 4) is 0 Å². The monoisotopic (exact) mass is 311 g/mol. The Bertz CT molecular complexity index is 238. The second-order valence-corrected chi connectivity index (χ2v) is 7.07. The molecule has 0 aromatic carbocycles. The van der Waals surface area contributed by atoms with Crippen molar-refractivity contribution in [2.24, 2.45) is 0 Å². The van der Waals surface area contributed by atoms with Crippen LogP contribution in [0.3, 0.4) is 0 Å². The van der Waals surface area contributed by atoms with Crippen LogP contribution in [0.2, 0.25) is 0 Å². The molecule has 0 aromatic rings. The molecule has 1 heterocycles. The van der Waals surface area contributed by atoms with Crippen molar-refractivity contribution in [3.63, 3.8) is 0 Å². The van der Waals surface area contributed by atoms with E-state index in [2.05, 4.69) is 25.7 Å². The van der Waals surface area contributed by atoms with Crippen molar-refractivity contribution in [3.05, 3.63) is 0 Å².